The normalized spacial score (nSPS) is 9.78. The molecule has 0 aliphatic rings. The van der Waals surface area contributed by atoms with Gasteiger partial charge in [-0.05, 0) is 42.5 Å². The maximum atomic E-state index is 12.0. The number of nitrogens with zero attached hydrogens (tertiary/aromatic N) is 1. The molecule has 6 heteroatoms. The Morgan fingerprint density at radius 3 is 2.65 bits per heavy atom. The molecule has 0 heterocycles. The van der Waals surface area contributed by atoms with Crippen molar-refractivity contribution in [3.63, 3.8) is 0 Å². The maximum Gasteiger partial charge on any atom is 0.226 e. The van der Waals surface area contributed by atoms with Crippen molar-refractivity contribution in [1.82, 2.24) is 0 Å². The molecule has 0 unspecified atom stereocenters. The van der Waals surface area contributed by atoms with Gasteiger partial charge in [-0.2, -0.15) is 5.26 Å². The molecule has 0 aliphatic carbocycles. The van der Waals surface area contributed by atoms with Gasteiger partial charge in [0.1, 0.15) is 5.75 Å². The van der Waals surface area contributed by atoms with Crippen LogP contribution in [0.4, 0.5) is 11.4 Å². The van der Waals surface area contributed by atoms with Gasteiger partial charge in [0.2, 0.25) is 5.91 Å². The summed E-state index contributed by atoms with van der Waals surface area (Å²) in [7, 11) is 1.53. The van der Waals surface area contributed by atoms with Crippen molar-refractivity contribution in [2.75, 3.05) is 24.3 Å². The first-order valence-electron chi connectivity index (χ1n) is 7.00. The number of carbonyl (C=O) groups is 1. The largest absolute Gasteiger partial charge is 0.495 e. The Labute approximate surface area is 139 Å². The van der Waals surface area contributed by atoms with E-state index in [9.17, 15) is 4.79 Å². The topological polar surface area (TPSA) is 74.2 Å². The summed E-state index contributed by atoms with van der Waals surface area (Å²) in [5, 5.41) is 15.2. The van der Waals surface area contributed by atoms with Gasteiger partial charge in [-0.1, -0.05) is 11.6 Å². The van der Waals surface area contributed by atoms with Crippen LogP contribution in [0.3, 0.4) is 0 Å². The lowest BCUT2D eigenvalue weighted by atomic mass is 10.2. The van der Waals surface area contributed by atoms with Crippen LogP contribution in [0.1, 0.15) is 12.0 Å². The molecule has 118 valence electrons. The smallest absolute Gasteiger partial charge is 0.226 e. The Morgan fingerprint density at radius 2 is 2.00 bits per heavy atom. The Balaban J connectivity index is 1.85. The van der Waals surface area contributed by atoms with E-state index < -0.39 is 0 Å². The van der Waals surface area contributed by atoms with Crippen molar-refractivity contribution < 1.29 is 9.53 Å². The zero-order valence-corrected chi connectivity index (χ0v) is 13.4. The molecule has 2 aromatic rings. The van der Waals surface area contributed by atoms with Crippen LogP contribution in [-0.4, -0.2) is 19.6 Å². The van der Waals surface area contributed by atoms with Crippen LogP contribution >= 0.6 is 11.6 Å². The van der Waals surface area contributed by atoms with Gasteiger partial charge in [0, 0.05) is 23.7 Å². The van der Waals surface area contributed by atoms with Gasteiger partial charge >= 0.3 is 0 Å². The van der Waals surface area contributed by atoms with Crippen molar-refractivity contribution in [1.29, 1.82) is 5.26 Å². The van der Waals surface area contributed by atoms with E-state index >= 15 is 0 Å². The summed E-state index contributed by atoms with van der Waals surface area (Å²) in [6, 6.07) is 14.1. The molecule has 0 radical (unpaired) electrons. The van der Waals surface area contributed by atoms with Crippen LogP contribution in [0.2, 0.25) is 5.02 Å². The second-order valence-corrected chi connectivity index (χ2v) is 5.20. The lowest BCUT2D eigenvalue weighted by Crippen LogP contribution is -2.16. The Morgan fingerprint density at radius 1 is 1.26 bits per heavy atom. The molecule has 1 amide bonds. The van der Waals surface area contributed by atoms with Crippen LogP contribution in [0.15, 0.2) is 42.5 Å². The fraction of sp³-hybridized carbons (Fsp3) is 0.176. The van der Waals surface area contributed by atoms with E-state index in [0.717, 1.165) is 5.69 Å². The Hall–Kier alpha value is -2.71. The fourth-order valence-corrected chi connectivity index (χ4v) is 2.15. The number of hydrogen-bond donors (Lipinski definition) is 2. The van der Waals surface area contributed by atoms with Crippen LogP contribution in [0.5, 0.6) is 5.75 Å². The predicted octanol–water partition coefficient (Wildman–Crippen LogP) is 3.66. The molecule has 0 bridgehead atoms. The van der Waals surface area contributed by atoms with E-state index in [1.165, 1.54) is 7.11 Å². The van der Waals surface area contributed by atoms with Crippen molar-refractivity contribution in [2.45, 2.75) is 6.42 Å². The highest BCUT2D eigenvalue weighted by Crippen LogP contribution is 2.27. The molecule has 0 aliphatic heterocycles. The first-order chi connectivity index (χ1) is 11.1. The molecule has 2 N–H and O–H groups in total. The third-order valence-electron chi connectivity index (χ3n) is 3.13. The van der Waals surface area contributed by atoms with Gasteiger partial charge in [0.25, 0.3) is 0 Å². The second-order valence-electron chi connectivity index (χ2n) is 4.76. The first-order valence-corrected chi connectivity index (χ1v) is 7.37. The number of amides is 1. The standard InChI is InChI=1S/C17H16ClN3O2/c1-23-16-7-4-13(18)10-15(16)21-17(22)8-9-20-14-5-2-12(11-19)3-6-14/h2-7,10,20H,8-9H2,1H3,(H,21,22). The minimum atomic E-state index is -0.147. The third kappa shape index (κ3) is 4.90. The van der Waals surface area contributed by atoms with E-state index in [1.807, 2.05) is 0 Å². The number of rotatable bonds is 6. The highest BCUT2D eigenvalue weighted by atomic mass is 35.5. The number of nitriles is 1. The van der Waals surface area contributed by atoms with E-state index in [-0.39, 0.29) is 12.3 Å². The zero-order valence-electron chi connectivity index (χ0n) is 12.6. The van der Waals surface area contributed by atoms with Crippen molar-refractivity contribution >= 4 is 28.9 Å². The Kier molecular flexibility index (Phi) is 5.84. The molecular formula is C17H16ClN3O2. The van der Waals surface area contributed by atoms with Crippen molar-refractivity contribution in [3.05, 3.63) is 53.1 Å². The zero-order chi connectivity index (χ0) is 16.7. The van der Waals surface area contributed by atoms with Crippen molar-refractivity contribution in [2.24, 2.45) is 0 Å². The number of carbonyl (C=O) groups excluding carboxylic acids is 1. The van der Waals surface area contributed by atoms with E-state index in [1.54, 1.807) is 42.5 Å². The molecule has 2 aromatic carbocycles. The summed E-state index contributed by atoms with van der Waals surface area (Å²) in [5.74, 6) is 0.412. The van der Waals surface area contributed by atoms with Gasteiger partial charge in [-0.15, -0.1) is 0 Å². The second kappa shape index (κ2) is 8.06. The molecule has 23 heavy (non-hydrogen) atoms. The predicted molar refractivity (Wildman–Crippen MR) is 90.9 cm³/mol. The minimum Gasteiger partial charge on any atom is -0.495 e. The number of benzene rings is 2. The van der Waals surface area contributed by atoms with Crippen molar-refractivity contribution in [3.8, 4) is 11.8 Å². The summed E-state index contributed by atoms with van der Waals surface area (Å²) < 4.78 is 5.18. The number of anilines is 2. The van der Waals surface area contributed by atoms with Crippen LogP contribution in [0.25, 0.3) is 0 Å². The first kappa shape index (κ1) is 16.7. The SMILES string of the molecule is COc1ccc(Cl)cc1NC(=O)CCNc1ccc(C#N)cc1. The lowest BCUT2D eigenvalue weighted by molar-refractivity contribution is -0.115. The third-order valence-corrected chi connectivity index (χ3v) is 3.37. The summed E-state index contributed by atoms with van der Waals surface area (Å²) >= 11 is 5.92. The van der Waals surface area contributed by atoms with Gasteiger partial charge in [0.05, 0.1) is 24.4 Å². The molecular weight excluding hydrogens is 314 g/mol. The minimum absolute atomic E-state index is 0.147. The van der Waals surface area contributed by atoms with Gasteiger partial charge in [0.15, 0.2) is 0 Å². The van der Waals surface area contributed by atoms with Crippen LogP contribution in [-0.2, 0) is 4.79 Å². The summed E-state index contributed by atoms with van der Waals surface area (Å²) in [5.41, 5.74) is 2.00. The van der Waals surface area contributed by atoms with Crippen LogP contribution < -0.4 is 15.4 Å². The molecule has 0 saturated carbocycles. The molecule has 0 fully saturated rings. The van der Waals surface area contributed by atoms with Gasteiger partial charge in [-0.25, -0.2) is 0 Å². The number of hydrogen-bond acceptors (Lipinski definition) is 4. The molecule has 5 nitrogen and oxygen atoms in total. The van der Waals surface area contributed by atoms with E-state index in [0.29, 0.717) is 28.6 Å². The summed E-state index contributed by atoms with van der Waals surface area (Å²) in [6.45, 7) is 0.473. The summed E-state index contributed by atoms with van der Waals surface area (Å²) in [4.78, 5) is 12.0. The van der Waals surface area contributed by atoms with E-state index in [4.69, 9.17) is 21.6 Å². The number of ether oxygens (including phenoxy) is 1. The van der Waals surface area contributed by atoms with Gasteiger partial charge in [-0.3, -0.25) is 4.79 Å². The molecule has 2 rings (SSSR count). The Bertz CT molecular complexity index is 724. The number of halogens is 1. The van der Waals surface area contributed by atoms with Gasteiger partial charge < -0.3 is 15.4 Å². The fourth-order valence-electron chi connectivity index (χ4n) is 1.97. The highest BCUT2D eigenvalue weighted by Gasteiger charge is 2.08. The maximum absolute atomic E-state index is 12.0. The number of nitrogens with one attached hydrogen (secondary N) is 2. The lowest BCUT2D eigenvalue weighted by Gasteiger charge is -2.11. The monoisotopic (exact) mass is 329 g/mol. The highest BCUT2D eigenvalue weighted by molar-refractivity contribution is 6.31. The quantitative estimate of drug-likeness (QED) is 0.848. The molecule has 0 atom stereocenters. The molecule has 0 spiro atoms. The average Bonchev–Trinajstić information content (AvgIpc) is 2.56. The number of methoxy groups -OCH3 is 1. The van der Waals surface area contributed by atoms with Crippen LogP contribution in [0, 0.1) is 11.3 Å². The molecule has 0 aromatic heterocycles. The van der Waals surface area contributed by atoms with E-state index in [2.05, 4.69) is 16.7 Å². The average molecular weight is 330 g/mol. The summed E-state index contributed by atoms with van der Waals surface area (Å²) in [6.07, 6.45) is 0.287. The molecule has 0 saturated heterocycles.